The highest BCUT2D eigenvalue weighted by Crippen LogP contribution is 2.47. The second-order valence-electron chi connectivity index (χ2n) is 12.1. The molecule has 2 aliphatic rings. The van der Waals surface area contributed by atoms with Crippen molar-refractivity contribution in [1.29, 1.82) is 5.26 Å². The first-order valence-corrected chi connectivity index (χ1v) is 14.8. The van der Waals surface area contributed by atoms with E-state index in [1.807, 2.05) is 6.92 Å². The minimum atomic E-state index is -3.43. The maximum Gasteiger partial charge on any atom is 0.300 e. The van der Waals surface area contributed by atoms with E-state index in [-0.39, 0.29) is 17.5 Å². The standard InChI is InChI=1S/C32H39F2N5O2/c1-21-23-12-11-13-24(18-23)32(33,34)30(3,41)14-9-7-5-4-6-8-10-17-39-28-25(27(36-21)37-22(2)38-28)19-26(29(39)40)31(20-35)15-16-31/h11-13,18-19,21,41H,4-10,14-17H2,1-3H3,(H,36,37,38)/t21-,30?/m1/s1. The number of halogens is 2. The molecule has 0 radical (unpaired) electrons. The summed E-state index contributed by atoms with van der Waals surface area (Å²) in [7, 11) is 0. The van der Waals surface area contributed by atoms with Gasteiger partial charge in [-0.2, -0.15) is 14.0 Å². The van der Waals surface area contributed by atoms with Gasteiger partial charge in [0.1, 0.15) is 22.9 Å². The quantitative estimate of drug-likeness (QED) is 0.337. The number of aryl methyl sites for hydroxylation is 2. The predicted octanol–water partition coefficient (Wildman–Crippen LogP) is 6.81. The Balaban J connectivity index is 1.62. The Hall–Kier alpha value is -3.38. The molecule has 218 valence electrons. The van der Waals surface area contributed by atoms with E-state index < -0.39 is 23.0 Å². The molecule has 1 aliphatic carbocycles. The van der Waals surface area contributed by atoms with Crippen LogP contribution in [0.25, 0.3) is 11.0 Å². The molecule has 7 nitrogen and oxygen atoms in total. The lowest BCUT2D eigenvalue weighted by atomic mass is 9.86. The molecule has 1 saturated carbocycles. The number of rotatable bonds is 1. The number of pyridine rings is 1. The molecular weight excluding hydrogens is 524 g/mol. The molecule has 1 unspecified atom stereocenters. The first kappa shape index (κ1) is 29.1. The molecule has 1 aromatic carbocycles. The van der Waals surface area contributed by atoms with Crippen LogP contribution in [-0.2, 0) is 17.9 Å². The highest BCUT2D eigenvalue weighted by atomic mass is 19.3. The topological polar surface area (TPSA) is 104 Å². The van der Waals surface area contributed by atoms with Crippen LogP contribution in [0.15, 0.2) is 35.1 Å². The molecule has 0 saturated heterocycles. The number of nitrogens with one attached hydrogen (secondary N) is 1. The third-order valence-corrected chi connectivity index (χ3v) is 8.86. The van der Waals surface area contributed by atoms with Crippen molar-refractivity contribution in [2.45, 2.75) is 115 Å². The summed E-state index contributed by atoms with van der Waals surface area (Å²) in [5.41, 5.74) is -1.75. The van der Waals surface area contributed by atoms with Gasteiger partial charge in [0.15, 0.2) is 0 Å². The van der Waals surface area contributed by atoms with Crippen molar-refractivity contribution in [3.8, 4) is 6.07 Å². The fraction of sp³-hybridized carbons (Fsp3) is 0.562. The largest absolute Gasteiger partial charge is 0.384 e. The van der Waals surface area contributed by atoms with Gasteiger partial charge in [0.05, 0.1) is 16.9 Å². The minimum absolute atomic E-state index is 0.0142. The molecule has 2 atom stereocenters. The van der Waals surface area contributed by atoms with E-state index in [0.717, 1.165) is 38.5 Å². The van der Waals surface area contributed by atoms with Crippen LogP contribution in [0, 0.1) is 18.3 Å². The minimum Gasteiger partial charge on any atom is -0.384 e. The van der Waals surface area contributed by atoms with E-state index in [1.165, 1.54) is 19.1 Å². The van der Waals surface area contributed by atoms with Crippen LogP contribution >= 0.6 is 0 Å². The Morgan fingerprint density at radius 1 is 1.05 bits per heavy atom. The third-order valence-electron chi connectivity index (χ3n) is 8.86. The van der Waals surface area contributed by atoms with Crippen LogP contribution < -0.4 is 10.9 Å². The zero-order valence-corrected chi connectivity index (χ0v) is 24.1. The highest BCUT2D eigenvalue weighted by molar-refractivity contribution is 5.88. The number of aromatic nitrogens is 3. The maximum atomic E-state index is 15.6. The first-order chi connectivity index (χ1) is 19.5. The molecule has 5 rings (SSSR count). The number of alkyl halides is 2. The number of hydrogen-bond acceptors (Lipinski definition) is 6. The van der Waals surface area contributed by atoms with Gasteiger partial charge in [0.25, 0.3) is 5.56 Å². The molecule has 1 fully saturated rings. The van der Waals surface area contributed by atoms with E-state index in [0.29, 0.717) is 59.6 Å². The van der Waals surface area contributed by atoms with Crippen molar-refractivity contribution >= 4 is 16.9 Å². The number of anilines is 1. The predicted molar refractivity (Wildman–Crippen MR) is 155 cm³/mol. The molecule has 0 spiro atoms. The Kier molecular flexibility index (Phi) is 7.90. The lowest BCUT2D eigenvalue weighted by Crippen LogP contribution is -2.43. The number of hydrogen-bond donors (Lipinski definition) is 2. The first-order valence-electron chi connectivity index (χ1n) is 14.8. The number of benzene rings is 1. The average molecular weight is 564 g/mol. The number of fused-ring (bicyclic) bond motifs is 2. The second kappa shape index (κ2) is 11.1. The van der Waals surface area contributed by atoms with Crippen molar-refractivity contribution in [2.75, 3.05) is 5.32 Å². The fourth-order valence-electron chi connectivity index (χ4n) is 5.96. The summed E-state index contributed by atoms with van der Waals surface area (Å²) in [6.07, 6.45) is 7.11. The Bertz CT molecular complexity index is 1540. The summed E-state index contributed by atoms with van der Waals surface area (Å²) in [6, 6.07) is 9.85. The monoisotopic (exact) mass is 563 g/mol. The van der Waals surface area contributed by atoms with Gasteiger partial charge in [-0.15, -0.1) is 0 Å². The Labute approximate surface area is 239 Å². The van der Waals surface area contributed by atoms with Gasteiger partial charge in [0.2, 0.25) is 0 Å². The SMILES string of the molecule is Cc1nc2c3cc(C4(C#N)CC4)c(=O)n(c3n1)CCCCCCCCCC(C)(O)C(F)(F)c1cccc(c1)[C@@H](C)N2. The maximum absolute atomic E-state index is 15.6. The molecule has 3 aromatic rings. The van der Waals surface area contributed by atoms with Crippen LogP contribution in [-0.4, -0.2) is 25.2 Å². The summed E-state index contributed by atoms with van der Waals surface area (Å²) in [5.74, 6) is -2.46. The van der Waals surface area contributed by atoms with Crippen LogP contribution in [0.3, 0.4) is 0 Å². The van der Waals surface area contributed by atoms with Crippen LogP contribution in [0.5, 0.6) is 0 Å². The van der Waals surface area contributed by atoms with Crippen LogP contribution in [0.1, 0.15) is 107 Å². The van der Waals surface area contributed by atoms with Gasteiger partial charge >= 0.3 is 5.92 Å². The molecule has 41 heavy (non-hydrogen) atoms. The van der Waals surface area contributed by atoms with E-state index in [4.69, 9.17) is 0 Å². The molecule has 0 amide bonds. The van der Waals surface area contributed by atoms with Gasteiger partial charge in [-0.1, -0.05) is 56.7 Å². The molecular formula is C32H39F2N5O2. The highest BCUT2D eigenvalue weighted by Gasteiger charge is 2.50. The number of aliphatic hydroxyl groups is 1. The molecule has 1 aliphatic heterocycles. The van der Waals surface area contributed by atoms with Crippen LogP contribution in [0.2, 0.25) is 0 Å². The smallest absolute Gasteiger partial charge is 0.300 e. The van der Waals surface area contributed by atoms with Crippen molar-refractivity contribution in [3.05, 3.63) is 63.2 Å². The van der Waals surface area contributed by atoms with E-state index in [1.54, 1.807) is 29.7 Å². The number of nitrogens with zero attached hydrogens (tertiary/aromatic N) is 4. The molecule has 2 N–H and O–H groups in total. The zero-order valence-electron chi connectivity index (χ0n) is 24.1. The number of nitriles is 1. The third kappa shape index (κ3) is 5.59. The van der Waals surface area contributed by atoms with Crippen molar-refractivity contribution in [3.63, 3.8) is 0 Å². The summed E-state index contributed by atoms with van der Waals surface area (Å²) in [4.78, 5) is 23.0. The molecule has 9 heteroatoms. The van der Waals surface area contributed by atoms with Gasteiger partial charge in [-0.05, 0) is 64.2 Å². The van der Waals surface area contributed by atoms with Gasteiger partial charge in [-0.3, -0.25) is 9.36 Å². The summed E-state index contributed by atoms with van der Waals surface area (Å²) in [6.45, 7) is 5.35. The summed E-state index contributed by atoms with van der Waals surface area (Å²) >= 11 is 0. The van der Waals surface area contributed by atoms with Gasteiger partial charge < -0.3 is 10.4 Å². The van der Waals surface area contributed by atoms with Crippen LogP contribution in [0.4, 0.5) is 14.6 Å². The lowest BCUT2D eigenvalue weighted by molar-refractivity contribution is -0.182. The van der Waals surface area contributed by atoms with E-state index in [2.05, 4.69) is 21.4 Å². The Morgan fingerprint density at radius 2 is 1.73 bits per heavy atom. The second-order valence-corrected chi connectivity index (χ2v) is 12.1. The molecule has 2 aromatic heterocycles. The van der Waals surface area contributed by atoms with Gasteiger partial charge in [-0.25, -0.2) is 9.97 Å². The van der Waals surface area contributed by atoms with E-state index in [9.17, 15) is 15.2 Å². The summed E-state index contributed by atoms with van der Waals surface area (Å²) < 4.78 is 33.0. The lowest BCUT2D eigenvalue weighted by Gasteiger charge is -2.33. The average Bonchev–Trinajstić information content (AvgIpc) is 3.73. The van der Waals surface area contributed by atoms with E-state index >= 15 is 8.78 Å². The Morgan fingerprint density at radius 3 is 2.41 bits per heavy atom. The zero-order chi connectivity index (χ0) is 29.4. The summed E-state index contributed by atoms with van der Waals surface area (Å²) in [5, 5.41) is 24.8. The van der Waals surface area contributed by atoms with Crippen molar-refractivity contribution in [1.82, 2.24) is 14.5 Å². The normalized spacial score (nSPS) is 24.8. The molecule has 3 heterocycles. The van der Waals surface area contributed by atoms with Crippen molar-refractivity contribution < 1.29 is 13.9 Å². The van der Waals surface area contributed by atoms with Gasteiger partial charge in [0, 0.05) is 23.7 Å². The fourth-order valence-corrected chi connectivity index (χ4v) is 5.96. The molecule has 6 bridgehead atoms. The van der Waals surface area contributed by atoms with Crippen molar-refractivity contribution in [2.24, 2.45) is 0 Å².